The molecule has 54 valence electrons. The molecule has 0 amide bonds. The van der Waals surface area contributed by atoms with Crippen LogP contribution in [0.2, 0.25) is 0 Å². The van der Waals surface area contributed by atoms with E-state index in [9.17, 15) is 4.39 Å². The summed E-state index contributed by atoms with van der Waals surface area (Å²) in [6.45, 7) is -0.250. The van der Waals surface area contributed by atoms with Crippen LogP contribution in [0.25, 0.3) is 0 Å². The van der Waals surface area contributed by atoms with Crippen molar-refractivity contribution in [2.75, 3.05) is 0 Å². The second kappa shape index (κ2) is 5.68. The van der Waals surface area contributed by atoms with Crippen LogP contribution in [-0.4, -0.2) is 16.6 Å². The minimum absolute atomic E-state index is 0.250. The van der Waals surface area contributed by atoms with Crippen molar-refractivity contribution in [2.45, 2.75) is 0 Å². The Hall–Kier alpha value is -1.45. The van der Waals surface area contributed by atoms with E-state index in [1.807, 2.05) is 0 Å². The monoisotopic (exact) mass is 143 g/mol. The first-order valence-electron chi connectivity index (χ1n) is 2.44. The average Bonchev–Trinajstić information content (AvgIpc) is 1.91. The van der Waals surface area contributed by atoms with Gasteiger partial charge in [0.25, 0.3) is 6.47 Å². The van der Waals surface area contributed by atoms with Gasteiger partial charge in [-0.3, -0.25) is 9.78 Å². The zero-order valence-corrected chi connectivity index (χ0v) is 5.07. The van der Waals surface area contributed by atoms with Gasteiger partial charge in [-0.2, -0.15) is 0 Å². The summed E-state index contributed by atoms with van der Waals surface area (Å²) in [5.41, 5.74) is 0. The van der Waals surface area contributed by atoms with Crippen molar-refractivity contribution >= 4 is 6.47 Å². The molecule has 0 aliphatic carbocycles. The van der Waals surface area contributed by atoms with Gasteiger partial charge < -0.3 is 5.11 Å². The summed E-state index contributed by atoms with van der Waals surface area (Å²) in [5.74, 6) is -0.289. The second-order valence-corrected chi connectivity index (χ2v) is 1.28. The molecule has 0 aliphatic heterocycles. The standard InChI is InChI=1S/C5H4FN.CH2O2/c6-5-2-1-3-7-4-5;2-1-3/h1-4H;1H,(H,2,3). The molecule has 0 bridgehead atoms. The maximum atomic E-state index is 11.8. The molecule has 1 heterocycles. The fraction of sp³-hybridized carbons (Fsp3) is 0. The summed E-state index contributed by atoms with van der Waals surface area (Å²) < 4.78 is 11.8. The van der Waals surface area contributed by atoms with Gasteiger partial charge in [0.15, 0.2) is 0 Å². The lowest BCUT2D eigenvalue weighted by Crippen LogP contribution is -1.70. The Kier molecular flexibility index (Phi) is 4.86. The van der Waals surface area contributed by atoms with Crippen molar-refractivity contribution in [1.29, 1.82) is 0 Å². The van der Waals surface area contributed by atoms with E-state index in [4.69, 9.17) is 9.90 Å². The van der Waals surface area contributed by atoms with Crippen LogP contribution < -0.4 is 0 Å². The van der Waals surface area contributed by atoms with Crippen molar-refractivity contribution in [3.05, 3.63) is 30.3 Å². The molecule has 0 fully saturated rings. The molecular formula is C6H6FNO2. The van der Waals surface area contributed by atoms with E-state index in [1.54, 1.807) is 6.07 Å². The molecule has 0 saturated carbocycles. The molecule has 10 heavy (non-hydrogen) atoms. The van der Waals surface area contributed by atoms with Gasteiger partial charge in [-0.25, -0.2) is 4.39 Å². The molecule has 0 spiro atoms. The van der Waals surface area contributed by atoms with Gasteiger partial charge >= 0.3 is 0 Å². The third kappa shape index (κ3) is 4.70. The van der Waals surface area contributed by atoms with E-state index in [2.05, 4.69) is 4.98 Å². The molecule has 1 aromatic rings. The number of carbonyl (C=O) groups is 1. The molecule has 0 saturated heterocycles. The molecule has 0 atom stereocenters. The molecule has 0 unspecified atom stereocenters. The maximum absolute atomic E-state index is 11.8. The highest BCUT2D eigenvalue weighted by Crippen LogP contribution is 1.87. The SMILES string of the molecule is Fc1cccnc1.O=CO. The third-order valence-corrected chi connectivity index (χ3v) is 0.625. The van der Waals surface area contributed by atoms with E-state index in [0.717, 1.165) is 0 Å². The normalized spacial score (nSPS) is 7.30. The summed E-state index contributed by atoms with van der Waals surface area (Å²) in [5, 5.41) is 6.89. The van der Waals surface area contributed by atoms with Crippen molar-refractivity contribution in [2.24, 2.45) is 0 Å². The molecule has 0 aromatic carbocycles. The van der Waals surface area contributed by atoms with Crippen LogP contribution in [0.15, 0.2) is 24.5 Å². The summed E-state index contributed by atoms with van der Waals surface area (Å²) in [7, 11) is 0. The molecule has 1 N–H and O–H groups in total. The van der Waals surface area contributed by atoms with E-state index < -0.39 is 0 Å². The first-order chi connectivity index (χ1) is 4.81. The van der Waals surface area contributed by atoms with Crippen LogP contribution in [0.3, 0.4) is 0 Å². The van der Waals surface area contributed by atoms with Crippen molar-refractivity contribution < 1.29 is 14.3 Å². The topological polar surface area (TPSA) is 50.2 Å². The Morgan fingerprint density at radius 1 is 1.70 bits per heavy atom. The zero-order valence-electron chi connectivity index (χ0n) is 5.07. The number of pyridine rings is 1. The Morgan fingerprint density at radius 2 is 2.30 bits per heavy atom. The fourth-order valence-corrected chi connectivity index (χ4v) is 0.342. The van der Waals surface area contributed by atoms with E-state index >= 15 is 0 Å². The third-order valence-electron chi connectivity index (χ3n) is 0.625. The second-order valence-electron chi connectivity index (χ2n) is 1.28. The fourth-order valence-electron chi connectivity index (χ4n) is 0.342. The van der Waals surface area contributed by atoms with Crippen LogP contribution in [0.5, 0.6) is 0 Å². The van der Waals surface area contributed by atoms with Crippen LogP contribution in [0, 0.1) is 5.82 Å². The molecular weight excluding hydrogens is 137 g/mol. The number of carboxylic acid groups (broad SMARTS) is 1. The molecule has 4 heteroatoms. The summed E-state index contributed by atoms with van der Waals surface area (Å²) in [4.78, 5) is 11.9. The number of aromatic nitrogens is 1. The van der Waals surface area contributed by atoms with E-state index in [-0.39, 0.29) is 12.3 Å². The van der Waals surface area contributed by atoms with Gasteiger partial charge in [0.05, 0.1) is 6.20 Å². The number of hydrogen-bond donors (Lipinski definition) is 1. The van der Waals surface area contributed by atoms with Crippen LogP contribution in [0.1, 0.15) is 0 Å². The number of hydrogen-bond acceptors (Lipinski definition) is 2. The first kappa shape index (κ1) is 8.55. The summed E-state index contributed by atoms with van der Waals surface area (Å²) >= 11 is 0. The van der Waals surface area contributed by atoms with Crippen molar-refractivity contribution in [3.8, 4) is 0 Å². The summed E-state index contributed by atoms with van der Waals surface area (Å²) in [6, 6.07) is 2.91. The van der Waals surface area contributed by atoms with Gasteiger partial charge in [-0.15, -0.1) is 0 Å². The quantitative estimate of drug-likeness (QED) is 0.549. The first-order valence-corrected chi connectivity index (χ1v) is 2.44. The smallest absolute Gasteiger partial charge is 0.290 e. The predicted octanol–water partition coefficient (Wildman–Crippen LogP) is 0.921. The Labute approximate surface area is 57.1 Å². The molecule has 0 aliphatic rings. The molecule has 1 rings (SSSR count). The Balaban J connectivity index is 0.000000236. The van der Waals surface area contributed by atoms with E-state index in [1.165, 1.54) is 18.5 Å². The van der Waals surface area contributed by atoms with Gasteiger partial charge in [0.1, 0.15) is 5.82 Å². The predicted molar refractivity (Wildman–Crippen MR) is 32.9 cm³/mol. The van der Waals surface area contributed by atoms with Crippen LogP contribution >= 0.6 is 0 Å². The Bertz CT molecular complexity index is 178. The summed E-state index contributed by atoms with van der Waals surface area (Å²) in [6.07, 6.45) is 2.70. The largest absolute Gasteiger partial charge is 0.483 e. The zero-order chi connectivity index (χ0) is 7.82. The van der Waals surface area contributed by atoms with Crippen LogP contribution in [-0.2, 0) is 4.79 Å². The average molecular weight is 143 g/mol. The lowest BCUT2D eigenvalue weighted by Gasteiger charge is -1.78. The minimum Gasteiger partial charge on any atom is -0.483 e. The minimum atomic E-state index is -0.289. The number of rotatable bonds is 0. The highest BCUT2D eigenvalue weighted by molar-refractivity contribution is 5.32. The lowest BCUT2D eigenvalue weighted by atomic mass is 10.5. The maximum Gasteiger partial charge on any atom is 0.290 e. The highest BCUT2D eigenvalue weighted by atomic mass is 19.1. The van der Waals surface area contributed by atoms with Gasteiger partial charge in [0, 0.05) is 6.20 Å². The molecule has 1 aromatic heterocycles. The number of nitrogens with zero attached hydrogens (tertiary/aromatic N) is 1. The Morgan fingerprint density at radius 3 is 2.50 bits per heavy atom. The van der Waals surface area contributed by atoms with E-state index in [0.29, 0.717) is 0 Å². The van der Waals surface area contributed by atoms with Gasteiger partial charge in [-0.1, -0.05) is 0 Å². The molecule has 3 nitrogen and oxygen atoms in total. The lowest BCUT2D eigenvalue weighted by molar-refractivity contribution is -0.122. The number of halogens is 1. The van der Waals surface area contributed by atoms with Gasteiger partial charge in [-0.05, 0) is 12.1 Å². The molecule has 0 radical (unpaired) electrons. The van der Waals surface area contributed by atoms with Crippen molar-refractivity contribution in [1.82, 2.24) is 4.98 Å². The van der Waals surface area contributed by atoms with Crippen LogP contribution in [0.4, 0.5) is 4.39 Å². The van der Waals surface area contributed by atoms with Gasteiger partial charge in [0.2, 0.25) is 0 Å². The highest BCUT2D eigenvalue weighted by Gasteiger charge is 1.78. The van der Waals surface area contributed by atoms with Crippen molar-refractivity contribution in [3.63, 3.8) is 0 Å².